The molecule has 1 nitrogen and oxygen atoms in total. The van der Waals surface area contributed by atoms with Gasteiger partial charge in [-0.1, -0.05) is 58.9 Å². The Morgan fingerprint density at radius 3 is 1.95 bits per heavy atom. The van der Waals surface area contributed by atoms with Crippen molar-refractivity contribution in [3.8, 4) is 0 Å². The van der Waals surface area contributed by atoms with Crippen LogP contribution in [0.2, 0.25) is 0 Å². The summed E-state index contributed by atoms with van der Waals surface area (Å²) in [6, 6.07) is 8.77. The van der Waals surface area contributed by atoms with Gasteiger partial charge in [0.2, 0.25) is 0 Å². The van der Waals surface area contributed by atoms with Gasteiger partial charge in [-0.3, -0.25) is 0 Å². The van der Waals surface area contributed by atoms with Crippen molar-refractivity contribution in [3.63, 3.8) is 0 Å². The van der Waals surface area contributed by atoms with E-state index in [0.29, 0.717) is 0 Å². The topological polar surface area (TPSA) is 9.23 Å². The van der Waals surface area contributed by atoms with Gasteiger partial charge in [0.25, 0.3) is 0 Å². The molecule has 21 heavy (non-hydrogen) atoms. The molecule has 0 N–H and O–H groups in total. The van der Waals surface area contributed by atoms with E-state index in [1.165, 1.54) is 36.6 Å². The highest BCUT2D eigenvalue weighted by Crippen LogP contribution is 2.36. The summed E-state index contributed by atoms with van der Waals surface area (Å²) >= 11 is 0. The summed E-state index contributed by atoms with van der Waals surface area (Å²) in [7, 11) is 4.61. The number of methoxy groups -OCH3 is 1. The predicted molar refractivity (Wildman–Crippen MR) is 99.6 cm³/mol. The van der Waals surface area contributed by atoms with Crippen LogP contribution in [0.15, 0.2) is 24.3 Å². The summed E-state index contributed by atoms with van der Waals surface area (Å²) in [6.07, 6.45) is 6.06. The fraction of sp³-hybridized carbons (Fsp3) is 0.684. The molecule has 2 heteroatoms. The van der Waals surface area contributed by atoms with E-state index in [1.54, 1.807) is 0 Å². The number of rotatable bonds is 3. The molecule has 1 aromatic carbocycles. The van der Waals surface area contributed by atoms with E-state index in [2.05, 4.69) is 40.4 Å². The first-order chi connectivity index (χ1) is 10.1. The van der Waals surface area contributed by atoms with Crippen LogP contribution in [-0.2, 0) is 11.2 Å². The Balaban J connectivity index is 0.000000921. The lowest BCUT2D eigenvalue weighted by Crippen LogP contribution is -2.38. The van der Waals surface area contributed by atoms with Gasteiger partial charge in [-0.15, -0.1) is 9.24 Å². The Bertz CT molecular complexity index is 350. The Morgan fingerprint density at radius 2 is 1.52 bits per heavy atom. The summed E-state index contributed by atoms with van der Waals surface area (Å²) in [5, 5.41) is 1.25. The van der Waals surface area contributed by atoms with Crippen molar-refractivity contribution in [2.45, 2.75) is 72.3 Å². The first kappa shape index (κ1) is 20.6. The Labute approximate surface area is 135 Å². The van der Waals surface area contributed by atoms with Gasteiger partial charge in [0.15, 0.2) is 0 Å². The predicted octanol–water partition coefficient (Wildman–Crippen LogP) is 5.38. The Hall–Kier alpha value is -0.390. The van der Waals surface area contributed by atoms with Crippen LogP contribution in [-0.4, -0.2) is 12.7 Å². The molecular weight excluding hydrogens is 275 g/mol. The number of ether oxygens (including phenoxy) is 1. The third-order valence-corrected chi connectivity index (χ3v) is 4.51. The molecule has 0 saturated heterocycles. The van der Waals surface area contributed by atoms with Gasteiger partial charge in [-0.25, -0.2) is 0 Å². The maximum Gasteiger partial charge on any atom is 0.0719 e. The molecule has 1 aliphatic carbocycles. The van der Waals surface area contributed by atoms with Crippen LogP contribution in [0.4, 0.5) is 0 Å². The third kappa shape index (κ3) is 6.94. The lowest BCUT2D eigenvalue weighted by molar-refractivity contribution is -0.0469. The number of benzene rings is 1. The van der Waals surface area contributed by atoms with Crippen LogP contribution in [0.3, 0.4) is 0 Å². The molecule has 0 radical (unpaired) electrons. The molecule has 0 spiro atoms. The van der Waals surface area contributed by atoms with Crippen LogP contribution < -0.4 is 5.30 Å². The van der Waals surface area contributed by atoms with Crippen LogP contribution in [0.5, 0.6) is 0 Å². The van der Waals surface area contributed by atoms with Crippen molar-refractivity contribution in [3.05, 3.63) is 29.8 Å². The standard InChI is InChI=1S/C15H23OP.2C2H6/c1-12-7-9-15(16-2,10-8-12)11-13-3-5-14(17)6-4-13;2*1-2/h3-6,12H,7-11,17H2,1-2H3;2*1-2H3. The smallest absolute Gasteiger partial charge is 0.0719 e. The number of hydrogen-bond acceptors (Lipinski definition) is 1. The van der Waals surface area contributed by atoms with Crippen molar-refractivity contribution in [2.75, 3.05) is 7.11 Å². The molecule has 0 heterocycles. The van der Waals surface area contributed by atoms with Crippen LogP contribution in [0.1, 0.15) is 65.9 Å². The molecule has 122 valence electrons. The van der Waals surface area contributed by atoms with E-state index >= 15 is 0 Å². The number of hydrogen-bond donors (Lipinski definition) is 0. The van der Waals surface area contributed by atoms with E-state index in [-0.39, 0.29) is 5.60 Å². The van der Waals surface area contributed by atoms with E-state index in [9.17, 15) is 0 Å². The molecule has 1 unspecified atom stereocenters. The van der Waals surface area contributed by atoms with Crippen molar-refractivity contribution < 1.29 is 4.74 Å². The molecule has 2 rings (SSSR count). The lowest BCUT2D eigenvalue weighted by Gasteiger charge is -2.38. The van der Waals surface area contributed by atoms with Gasteiger partial charge < -0.3 is 4.74 Å². The largest absolute Gasteiger partial charge is 0.378 e. The minimum absolute atomic E-state index is 0.0922. The van der Waals surface area contributed by atoms with Gasteiger partial charge >= 0.3 is 0 Å². The molecular formula is C19H35OP. The summed E-state index contributed by atoms with van der Waals surface area (Å²) < 4.78 is 5.86. The average Bonchev–Trinajstić information content (AvgIpc) is 2.56. The van der Waals surface area contributed by atoms with E-state index < -0.39 is 0 Å². The molecule has 0 aliphatic heterocycles. The molecule has 0 aromatic heterocycles. The first-order valence-electron chi connectivity index (χ1n) is 8.53. The monoisotopic (exact) mass is 310 g/mol. The van der Waals surface area contributed by atoms with E-state index in [1.807, 2.05) is 34.8 Å². The zero-order chi connectivity index (χ0) is 16.3. The quantitative estimate of drug-likeness (QED) is 0.681. The second-order valence-electron chi connectivity index (χ2n) is 5.49. The molecule has 1 atom stereocenters. The Kier molecular flexibility index (Phi) is 11.0. The zero-order valence-corrected chi connectivity index (χ0v) is 16.1. The van der Waals surface area contributed by atoms with E-state index in [4.69, 9.17) is 4.74 Å². The minimum Gasteiger partial charge on any atom is -0.378 e. The van der Waals surface area contributed by atoms with Gasteiger partial charge in [0.05, 0.1) is 5.60 Å². The second-order valence-corrected chi connectivity index (χ2v) is 6.15. The maximum absolute atomic E-state index is 5.86. The van der Waals surface area contributed by atoms with Gasteiger partial charge in [-0.05, 0) is 42.5 Å². The molecule has 0 bridgehead atoms. The van der Waals surface area contributed by atoms with Crippen molar-refractivity contribution in [1.82, 2.24) is 0 Å². The highest BCUT2D eigenvalue weighted by molar-refractivity contribution is 7.27. The van der Waals surface area contributed by atoms with Gasteiger partial charge in [-0.2, -0.15) is 0 Å². The second kappa shape index (κ2) is 11.2. The average molecular weight is 310 g/mol. The lowest BCUT2D eigenvalue weighted by atomic mass is 9.76. The summed E-state index contributed by atoms with van der Waals surface area (Å²) in [6.45, 7) is 10.3. The molecule has 1 aliphatic rings. The third-order valence-electron chi connectivity index (χ3n) is 4.12. The van der Waals surface area contributed by atoms with Crippen molar-refractivity contribution in [1.29, 1.82) is 0 Å². The highest BCUT2D eigenvalue weighted by atomic mass is 31.0. The Morgan fingerprint density at radius 1 is 1.05 bits per heavy atom. The molecule has 1 saturated carbocycles. The highest BCUT2D eigenvalue weighted by Gasteiger charge is 2.34. The van der Waals surface area contributed by atoms with Crippen LogP contribution in [0.25, 0.3) is 0 Å². The van der Waals surface area contributed by atoms with Crippen LogP contribution in [0, 0.1) is 5.92 Å². The van der Waals surface area contributed by atoms with Crippen LogP contribution >= 0.6 is 9.24 Å². The van der Waals surface area contributed by atoms with Crippen molar-refractivity contribution >= 4 is 14.5 Å². The van der Waals surface area contributed by atoms with Gasteiger partial charge in [0, 0.05) is 13.5 Å². The zero-order valence-electron chi connectivity index (χ0n) is 14.9. The first-order valence-corrected chi connectivity index (χ1v) is 9.11. The fourth-order valence-electron chi connectivity index (χ4n) is 2.75. The van der Waals surface area contributed by atoms with Crippen molar-refractivity contribution in [2.24, 2.45) is 5.92 Å². The molecule has 1 fully saturated rings. The summed E-state index contributed by atoms with van der Waals surface area (Å²) in [4.78, 5) is 0. The normalized spacial score (nSPS) is 24.2. The molecule has 1 aromatic rings. The maximum atomic E-state index is 5.86. The minimum atomic E-state index is 0.0922. The summed E-state index contributed by atoms with van der Waals surface area (Å²) in [5.41, 5.74) is 1.49. The SMILES string of the molecule is CC.CC.COC1(Cc2ccc(P)cc2)CCC(C)CC1. The van der Waals surface area contributed by atoms with Gasteiger partial charge in [0.1, 0.15) is 0 Å². The van der Waals surface area contributed by atoms with E-state index in [0.717, 1.165) is 12.3 Å². The fourth-order valence-corrected chi connectivity index (χ4v) is 2.94. The summed E-state index contributed by atoms with van der Waals surface area (Å²) in [5.74, 6) is 0.868. The molecule has 0 amide bonds.